The third kappa shape index (κ3) is 1.42. The maximum Gasteiger partial charge on any atom is 0.128 e. The summed E-state index contributed by atoms with van der Waals surface area (Å²) in [5, 5.41) is 0. The molecule has 1 heterocycles. The van der Waals surface area contributed by atoms with Gasteiger partial charge in [0.1, 0.15) is 5.82 Å². The first kappa shape index (κ1) is 7.59. The van der Waals surface area contributed by atoms with E-state index >= 15 is 0 Å². The zero-order valence-electron chi connectivity index (χ0n) is 7.57. The third-order valence-corrected chi connectivity index (χ3v) is 2.50. The second-order valence-electron chi connectivity index (χ2n) is 3.63. The van der Waals surface area contributed by atoms with Gasteiger partial charge in [-0.3, -0.25) is 0 Å². The van der Waals surface area contributed by atoms with Gasteiger partial charge in [-0.2, -0.15) is 0 Å². The molecule has 0 saturated heterocycles. The van der Waals surface area contributed by atoms with Crippen LogP contribution >= 0.6 is 0 Å². The van der Waals surface area contributed by atoms with Crippen molar-refractivity contribution in [3.63, 3.8) is 0 Å². The summed E-state index contributed by atoms with van der Waals surface area (Å²) in [6.07, 6.45) is 9.43. The molecule has 1 aliphatic carbocycles. The molecule has 2 heteroatoms. The minimum atomic E-state index is 0.770. The molecule has 0 spiro atoms. The van der Waals surface area contributed by atoms with Gasteiger partial charge in [-0.05, 0) is 30.4 Å². The molecule has 2 nitrogen and oxygen atoms in total. The standard InChI is InChI=1S/C10H14N2/c1-8-6-9(8)7-10-11-4-3-5-12(10)2/h3-5,7-9H,6H2,1-2H3/b10-7-. The highest BCUT2D eigenvalue weighted by molar-refractivity contribution is 5.73. The molecule has 0 bridgehead atoms. The van der Waals surface area contributed by atoms with Crippen LogP contribution in [0.5, 0.6) is 0 Å². The van der Waals surface area contributed by atoms with E-state index in [-0.39, 0.29) is 0 Å². The van der Waals surface area contributed by atoms with Crippen molar-refractivity contribution in [2.45, 2.75) is 13.3 Å². The normalized spacial score (nSPS) is 36.2. The van der Waals surface area contributed by atoms with Crippen molar-refractivity contribution in [3.8, 4) is 0 Å². The zero-order valence-corrected chi connectivity index (χ0v) is 7.57. The average Bonchev–Trinajstić information content (AvgIpc) is 2.72. The molecule has 64 valence electrons. The maximum atomic E-state index is 4.30. The minimum Gasteiger partial charge on any atom is -0.336 e. The molecule has 2 rings (SSSR count). The molecule has 2 atom stereocenters. The van der Waals surface area contributed by atoms with Crippen LogP contribution in [0, 0.1) is 11.8 Å². The first-order chi connectivity index (χ1) is 5.77. The Kier molecular flexibility index (Phi) is 1.75. The van der Waals surface area contributed by atoms with Crippen molar-refractivity contribution in [1.29, 1.82) is 0 Å². The lowest BCUT2D eigenvalue weighted by atomic mass is 10.3. The molecule has 0 radical (unpaired) electrons. The van der Waals surface area contributed by atoms with Gasteiger partial charge in [0.15, 0.2) is 0 Å². The molecule has 0 amide bonds. The predicted octanol–water partition coefficient (Wildman–Crippen LogP) is 2.01. The van der Waals surface area contributed by atoms with Crippen molar-refractivity contribution >= 4 is 6.21 Å². The largest absolute Gasteiger partial charge is 0.336 e. The molecular formula is C10H14N2. The summed E-state index contributed by atoms with van der Waals surface area (Å²) in [6, 6.07) is 0. The summed E-state index contributed by atoms with van der Waals surface area (Å²) in [4.78, 5) is 6.36. The van der Waals surface area contributed by atoms with Gasteiger partial charge in [-0.25, -0.2) is 4.99 Å². The zero-order chi connectivity index (χ0) is 8.55. The number of nitrogens with zero attached hydrogens (tertiary/aromatic N) is 2. The van der Waals surface area contributed by atoms with Crippen molar-refractivity contribution in [1.82, 2.24) is 4.90 Å². The molecular weight excluding hydrogens is 148 g/mol. The molecule has 2 aliphatic rings. The molecule has 0 aromatic rings. The Morgan fingerprint density at radius 3 is 3.00 bits per heavy atom. The molecule has 12 heavy (non-hydrogen) atoms. The summed E-state index contributed by atoms with van der Waals surface area (Å²) >= 11 is 0. The first-order valence-electron chi connectivity index (χ1n) is 4.43. The van der Waals surface area contributed by atoms with Gasteiger partial charge in [0.2, 0.25) is 0 Å². The van der Waals surface area contributed by atoms with E-state index in [4.69, 9.17) is 0 Å². The number of rotatable bonds is 1. The molecule has 1 saturated carbocycles. The van der Waals surface area contributed by atoms with Crippen molar-refractivity contribution in [2.24, 2.45) is 16.8 Å². The van der Waals surface area contributed by atoms with Crippen LogP contribution in [0.3, 0.4) is 0 Å². The molecule has 0 N–H and O–H groups in total. The number of allylic oxidation sites excluding steroid dienone is 2. The SMILES string of the molecule is CC1CC1/C=C1/N=CC=CN1C. The number of hydrogen-bond donors (Lipinski definition) is 0. The lowest BCUT2D eigenvalue weighted by molar-refractivity contribution is 0.552. The average molecular weight is 162 g/mol. The monoisotopic (exact) mass is 162 g/mol. The molecule has 0 aromatic carbocycles. The highest BCUT2D eigenvalue weighted by Crippen LogP contribution is 2.39. The van der Waals surface area contributed by atoms with Crippen LogP contribution in [0.2, 0.25) is 0 Å². The fraction of sp³-hybridized carbons (Fsp3) is 0.500. The van der Waals surface area contributed by atoms with E-state index in [1.165, 1.54) is 6.42 Å². The van der Waals surface area contributed by atoms with Crippen LogP contribution < -0.4 is 0 Å². The third-order valence-electron chi connectivity index (χ3n) is 2.50. The Bertz CT molecular complexity index is 263. The maximum absolute atomic E-state index is 4.30. The lowest BCUT2D eigenvalue weighted by Gasteiger charge is -2.16. The second kappa shape index (κ2) is 2.77. The van der Waals surface area contributed by atoms with Crippen molar-refractivity contribution in [2.75, 3.05) is 7.05 Å². The topological polar surface area (TPSA) is 15.6 Å². The predicted molar refractivity (Wildman–Crippen MR) is 50.7 cm³/mol. The van der Waals surface area contributed by atoms with E-state index in [0.29, 0.717) is 0 Å². The number of aliphatic imine (C=N–C) groups is 1. The Morgan fingerprint density at radius 1 is 1.67 bits per heavy atom. The van der Waals surface area contributed by atoms with Gasteiger partial charge >= 0.3 is 0 Å². The Labute approximate surface area is 73.3 Å². The Morgan fingerprint density at radius 2 is 2.42 bits per heavy atom. The van der Waals surface area contributed by atoms with Crippen LogP contribution in [0.1, 0.15) is 13.3 Å². The van der Waals surface area contributed by atoms with Gasteiger partial charge in [0.25, 0.3) is 0 Å². The first-order valence-corrected chi connectivity index (χ1v) is 4.43. The van der Waals surface area contributed by atoms with Gasteiger partial charge in [0.05, 0.1) is 0 Å². The van der Waals surface area contributed by atoms with Crippen molar-refractivity contribution < 1.29 is 0 Å². The van der Waals surface area contributed by atoms with E-state index in [2.05, 4.69) is 22.9 Å². The van der Waals surface area contributed by atoms with E-state index in [1.807, 2.05) is 25.5 Å². The smallest absolute Gasteiger partial charge is 0.128 e. The Hall–Kier alpha value is -1.05. The van der Waals surface area contributed by atoms with Crippen LogP contribution in [-0.4, -0.2) is 18.2 Å². The van der Waals surface area contributed by atoms with Gasteiger partial charge in [-0.15, -0.1) is 0 Å². The fourth-order valence-electron chi connectivity index (χ4n) is 1.39. The summed E-state index contributed by atoms with van der Waals surface area (Å²) in [5.41, 5.74) is 0. The van der Waals surface area contributed by atoms with E-state index in [0.717, 1.165) is 17.7 Å². The summed E-state index contributed by atoms with van der Waals surface area (Å²) in [5.74, 6) is 2.73. The number of hydrogen-bond acceptors (Lipinski definition) is 2. The van der Waals surface area contributed by atoms with E-state index in [1.54, 1.807) is 0 Å². The molecule has 1 aliphatic heterocycles. The highest BCUT2D eigenvalue weighted by atomic mass is 15.2. The summed E-state index contributed by atoms with van der Waals surface area (Å²) in [6.45, 7) is 2.28. The van der Waals surface area contributed by atoms with E-state index < -0.39 is 0 Å². The van der Waals surface area contributed by atoms with Crippen LogP contribution in [0.4, 0.5) is 0 Å². The van der Waals surface area contributed by atoms with Crippen LogP contribution in [-0.2, 0) is 0 Å². The molecule has 1 fully saturated rings. The van der Waals surface area contributed by atoms with E-state index in [9.17, 15) is 0 Å². The summed E-state index contributed by atoms with van der Waals surface area (Å²) in [7, 11) is 2.03. The summed E-state index contributed by atoms with van der Waals surface area (Å²) < 4.78 is 0. The van der Waals surface area contributed by atoms with Gasteiger partial charge < -0.3 is 4.90 Å². The van der Waals surface area contributed by atoms with Crippen LogP contribution in [0.15, 0.2) is 29.2 Å². The quantitative estimate of drug-likeness (QED) is 0.576. The highest BCUT2D eigenvalue weighted by Gasteiger charge is 2.31. The van der Waals surface area contributed by atoms with Gasteiger partial charge in [0, 0.05) is 19.5 Å². The van der Waals surface area contributed by atoms with Crippen LogP contribution in [0.25, 0.3) is 0 Å². The minimum absolute atomic E-state index is 0.770. The lowest BCUT2D eigenvalue weighted by Crippen LogP contribution is -2.11. The van der Waals surface area contributed by atoms with Gasteiger partial charge in [-0.1, -0.05) is 6.92 Å². The molecule has 2 unspecified atom stereocenters. The van der Waals surface area contributed by atoms with Crippen molar-refractivity contribution in [3.05, 3.63) is 24.2 Å². The second-order valence-corrected chi connectivity index (χ2v) is 3.63. The molecule has 0 aromatic heterocycles. The fourth-order valence-corrected chi connectivity index (χ4v) is 1.39. The Balaban J connectivity index is 2.07.